The molecule has 0 unspecified atom stereocenters. The van der Waals surface area contributed by atoms with E-state index in [1.165, 1.54) is 6.42 Å². The molecule has 2 saturated carbocycles. The van der Waals surface area contributed by atoms with Crippen molar-refractivity contribution in [2.45, 2.75) is 65.8 Å². The van der Waals surface area contributed by atoms with Gasteiger partial charge in [0, 0.05) is 19.4 Å². The number of carbonyl (C=O) groups is 1. The van der Waals surface area contributed by atoms with Gasteiger partial charge in [0.05, 0.1) is 17.8 Å². The number of Topliss-reactive ketones (excluding diaryl/α,β-unsaturated/α-hetero) is 1. The number of hydrogen-bond acceptors (Lipinski definition) is 3. The molecule has 0 heterocycles. The summed E-state index contributed by atoms with van der Waals surface area (Å²) < 4.78 is 12.1. The average Bonchev–Trinajstić information content (AvgIpc) is 2.64. The van der Waals surface area contributed by atoms with E-state index in [0.717, 1.165) is 18.6 Å². The van der Waals surface area contributed by atoms with Gasteiger partial charge in [0.2, 0.25) is 8.32 Å². The number of methoxy groups -OCH3 is 1. The van der Waals surface area contributed by atoms with E-state index in [0.29, 0.717) is 23.5 Å². The predicted molar refractivity (Wildman–Crippen MR) is 99.1 cm³/mol. The molecule has 4 heteroatoms. The molecular formula is C20H34O3Si. The summed E-state index contributed by atoms with van der Waals surface area (Å²) in [7, 11) is 0.0839. The van der Waals surface area contributed by atoms with Crippen molar-refractivity contribution in [1.29, 1.82) is 0 Å². The number of ether oxygens (including phenoxy) is 1. The first-order valence-corrected chi connectivity index (χ1v) is 12.9. The van der Waals surface area contributed by atoms with Gasteiger partial charge in [0.25, 0.3) is 0 Å². The molecule has 2 fully saturated rings. The third kappa shape index (κ3) is 2.90. The molecule has 0 N–H and O–H groups in total. The number of carbonyl (C=O) groups excluding carboxylic acids is 1. The van der Waals surface area contributed by atoms with Crippen molar-refractivity contribution < 1.29 is 14.0 Å². The summed E-state index contributed by atoms with van der Waals surface area (Å²) in [6, 6.07) is 0. The Morgan fingerprint density at radius 3 is 2.50 bits per heavy atom. The maximum absolute atomic E-state index is 13.3. The topological polar surface area (TPSA) is 35.5 Å². The molecule has 0 saturated heterocycles. The van der Waals surface area contributed by atoms with Crippen LogP contribution < -0.4 is 0 Å². The highest BCUT2D eigenvalue weighted by Crippen LogP contribution is 2.62. The van der Waals surface area contributed by atoms with E-state index in [4.69, 9.17) is 9.16 Å². The second-order valence-electron chi connectivity index (χ2n) is 9.79. The summed E-state index contributed by atoms with van der Waals surface area (Å²) in [5.74, 6) is 3.28. The van der Waals surface area contributed by atoms with Crippen LogP contribution in [0.5, 0.6) is 0 Å². The van der Waals surface area contributed by atoms with Crippen molar-refractivity contribution in [2.75, 3.05) is 7.11 Å². The Kier molecular flexibility index (Phi) is 4.53. The summed E-state index contributed by atoms with van der Waals surface area (Å²) in [6.45, 7) is 13.7. The number of fused-ring (bicyclic) bond motifs is 3. The van der Waals surface area contributed by atoms with Crippen molar-refractivity contribution in [2.24, 2.45) is 35.0 Å². The van der Waals surface area contributed by atoms with E-state index in [2.05, 4.69) is 46.5 Å². The Labute approximate surface area is 148 Å². The first-order valence-electron chi connectivity index (χ1n) is 9.53. The number of rotatable bonds is 3. The Balaban J connectivity index is 1.97. The van der Waals surface area contributed by atoms with Gasteiger partial charge in [-0.05, 0) is 61.7 Å². The highest BCUT2D eigenvalue weighted by Gasteiger charge is 2.63. The Morgan fingerprint density at radius 2 is 1.92 bits per heavy atom. The van der Waals surface area contributed by atoms with Crippen LogP contribution in [0.25, 0.3) is 0 Å². The van der Waals surface area contributed by atoms with Crippen LogP contribution in [0.2, 0.25) is 19.6 Å². The minimum Gasteiger partial charge on any atom is -0.547 e. The minimum atomic E-state index is -1.65. The van der Waals surface area contributed by atoms with Crippen molar-refractivity contribution >= 4 is 14.1 Å². The van der Waals surface area contributed by atoms with Gasteiger partial charge in [0.1, 0.15) is 5.78 Å². The van der Waals surface area contributed by atoms with Crippen molar-refractivity contribution in [3.05, 3.63) is 11.8 Å². The van der Waals surface area contributed by atoms with Gasteiger partial charge in [0.15, 0.2) is 0 Å². The smallest absolute Gasteiger partial charge is 0.241 e. The third-order valence-electron chi connectivity index (χ3n) is 6.59. The van der Waals surface area contributed by atoms with E-state index < -0.39 is 8.32 Å². The minimum absolute atomic E-state index is 0.0201. The highest BCUT2D eigenvalue weighted by atomic mass is 28.4. The maximum atomic E-state index is 13.3. The lowest BCUT2D eigenvalue weighted by atomic mass is 9.57. The van der Waals surface area contributed by atoms with Gasteiger partial charge in [-0.15, -0.1) is 0 Å². The molecule has 7 atom stereocenters. The van der Waals surface area contributed by atoms with Gasteiger partial charge in [-0.25, -0.2) is 0 Å². The monoisotopic (exact) mass is 350 g/mol. The van der Waals surface area contributed by atoms with Crippen LogP contribution in [0.15, 0.2) is 11.8 Å². The molecular weight excluding hydrogens is 316 g/mol. The van der Waals surface area contributed by atoms with E-state index >= 15 is 0 Å². The van der Waals surface area contributed by atoms with Crippen LogP contribution in [0.1, 0.15) is 40.0 Å². The maximum Gasteiger partial charge on any atom is 0.241 e. The Morgan fingerprint density at radius 1 is 1.25 bits per heavy atom. The summed E-state index contributed by atoms with van der Waals surface area (Å²) in [5.41, 5.74) is 0.0952. The van der Waals surface area contributed by atoms with Crippen molar-refractivity contribution in [1.82, 2.24) is 0 Å². The number of ketones is 1. The summed E-state index contributed by atoms with van der Waals surface area (Å²) in [5, 5.41) is 0. The van der Waals surface area contributed by atoms with Crippen LogP contribution in [-0.2, 0) is 14.0 Å². The number of hydrogen-bond donors (Lipinski definition) is 0. The average molecular weight is 351 g/mol. The second-order valence-corrected chi connectivity index (χ2v) is 14.2. The zero-order chi connectivity index (χ0) is 17.9. The second kappa shape index (κ2) is 5.98. The first-order chi connectivity index (χ1) is 11.1. The molecule has 0 aliphatic heterocycles. The zero-order valence-corrected chi connectivity index (χ0v) is 17.4. The quantitative estimate of drug-likeness (QED) is 0.695. The lowest BCUT2D eigenvalue weighted by molar-refractivity contribution is -0.130. The lowest BCUT2D eigenvalue weighted by Crippen LogP contribution is -2.42. The van der Waals surface area contributed by atoms with Gasteiger partial charge in [-0.1, -0.05) is 20.8 Å². The largest absolute Gasteiger partial charge is 0.547 e. The summed E-state index contributed by atoms with van der Waals surface area (Å²) in [6.07, 6.45) is 5.23. The molecule has 0 aromatic heterocycles. The van der Waals surface area contributed by atoms with Crippen LogP contribution in [0, 0.1) is 35.0 Å². The molecule has 0 amide bonds. The lowest BCUT2D eigenvalue weighted by Gasteiger charge is -2.47. The standard InChI is InChI=1S/C20H34O3Si/c1-12-8-13(2)18-19(21)17-15(20(18,3)11-12)9-14(10-16(17)22-4)23-24(5,6)7/h10,12-13,15-18H,8-9,11H2,1-7H3/t12-,13+,15+,16-,17+,18+,20+/m1/s1. The van der Waals surface area contributed by atoms with Crippen LogP contribution in [0.4, 0.5) is 0 Å². The molecule has 0 aromatic rings. The number of allylic oxidation sites excluding steroid dienone is 1. The van der Waals surface area contributed by atoms with E-state index in [1.807, 2.05) is 0 Å². The molecule has 0 spiro atoms. The molecule has 3 aliphatic rings. The Hall–Kier alpha value is -0.613. The predicted octanol–water partition coefficient (Wildman–Crippen LogP) is 4.64. The molecule has 0 aromatic carbocycles. The molecule has 3 aliphatic carbocycles. The van der Waals surface area contributed by atoms with Gasteiger partial charge in [-0.2, -0.15) is 0 Å². The summed E-state index contributed by atoms with van der Waals surface area (Å²) >= 11 is 0. The van der Waals surface area contributed by atoms with E-state index in [9.17, 15) is 4.79 Å². The summed E-state index contributed by atoms with van der Waals surface area (Å²) in [4.78, 5) is 13.3. The van der Waals surface area contributed by atoms with Gasteiger partial charge in [-0.3, -0.25) is 4.79 Å². The van der Waals surface area contributed by atoms with E-state index in [-0.39, 0.29) is 23.4 Å². The molecule has 3 rings (SSSR count). The zero-order valence-electron chi connectivity index (χ0n) is 16.4. The third-order valence-corrected chi connectivity index (χ3v) is 7.47. The van der Waals surface area contributed by atoms with Crippen LogP contribution >= 0.6 is 0 Å². The fourth-order valence-electron chi connectivity index (χ4n) is 6.19. The van der Waals surface area contributed by atoms with Crippen molar-refractivity contribution in [3.8, 4) is 0 Å². The molecule has 24 heavy (non-hydrogen) atoms. The normalized spacial score (nSPS) is 45.5. The fraction of sp³-hybridized carbons (Fsp3) is 0.850. The highest BCUT2D eigenvalue weighted by molar-refractivity contribution is 6.70. The molecule has 0 radical (unpaired) electrons. The molecule has 0 bridgehead atoms. The molecule has 3 nitrogen and oxygen atoms in total. The first kappa shape index (κ1) is 18.2. The Bertz CT molecular complexity index is 550. The van der Waals surface area contributed by atoms with Gasteiger partial charge >= 0.3 is 0 Å². The van der Waals surface area contributed by atoms with Crippen LogP contribution in [0.3, 0.4) is 0 Å². The van der Waals surface area contributed by atoms with Gasteiger partial charge < -0.3 is 9.16 Å². The SMILES string of the molecule is CO[C@@H]1C=C(O[Si](C)(C)C)C[C@H]2[C@@H]1C(=O)[C@@H]1[C@@H](C)C[C@@H](C)C[C@]12C. The fourth-order valence-corrected chi connectivity index (χ4v) is 7.13. The molecule has 136 valence electrons. The van der Waals surface area contributed by atoms with E-state index in [1.54, 1.807) is 7.11 Å². The van der Waals surface area contributed by atoms with Crippen LogP contribution in [-0.4, -0.2) is 27.3 Å². The van der Waals surface area contributed by atoms with Crippen molar-refractivity contribution in [3.63, 3.8) is 0 Å².